The van der Waals surface area contributed by atoms with Gasteiger partial charge in [0.25, 0.3) is 0 Å². The molecule has 0 atom stereocenters. The second kappa shape index (κ2) is 8.71. The minimum atomic E-state index is -0.720. The van der Waals surface area contributed by atoms with E-state index in [1.807, 2.05) is 6.92 Å². The number of carbonyl (C=O) groups excluding carboxylic acids is 1. The Morgan fingerprint density at radius 2 is 2.00 bits per heavy atom. The Bertz CT molecular complexity index is 311. The molecule has 5 nitrogen and oxygen atoms in total. The van der Waals surface area contributed by atoms with Crippen molar-refractivity contribution in [3.8, 4) is 0 Å². The summed E-state index contributed by atoms with van der Waals surface area (Å²) in [5.41, 5.74) is -0.720. The van der Waals surface area contributed by atoms with E-state index in [0.717, 1.165) is 13.0 Å². The van der Waals surface area contributed by atoms with Gasteiger partial charge in [-0.25, -0.2) is 0 Å². The first-order valence-corrected chi connectivity index (χ1v) is 8.16. The van der Waals surface area contributed by atoms with Crippen molar-refractivity contribution in [2.45, 2.75) is 64.5 Å². The van der Waals surface area contributed by atoms with Gasteiger partial charge in [0, 0.05) is 25.7 Å². The average molecular weight is 301 g/mol. The van der Waals surface area contributed by atoms with Crippen LogP contribution in [0, 0.1) is 5.92 Å². The maximum absolute atomic E-state index is 11.7. The van der Waals surface area contributed by atoms with Gasteiger partial charge in [-0.15, -0.1) is 0 Å². The van der Waals surface area contributed by atoms with Crippen molar-refractivity contribution in [3.63, 3.8) is 0 Å². The van der Waals surface area contributed by atoms with Crippen LogP contribution in [0.4, 0.5) is 0 Å². The van der Waals surface area contributed by atoms with Crippen molar-refractivity contribution < 1.29 is 19.7 Å². The van der Waals surface area contributed by atoms with Gasteiger partial charge in [-0.1, -0.05) is 0 Å². The summed E-state index contributed by atoms with van der Waals surface area (Å²) in [5, 5.41) is 19.7. The molecule has 0 aromatic rings. The molecule has 0 aromatic carbocycles. The second-order valence-corrected chi connectivity index (χ2v) is 6.39. The molecule has 124 valence electrons. The summed E-state index contributed by atoms with van der Waals surface area (Å²) in [6.45, 7) is 8.02. The lowest BCUT2D eigenvalue weighted by Gasteiger charge is -2.40. The van der Waals surface area contributed by atoms with Crippen LogP contribution in [0.3, 0.4) is 0 Å². The number of carbonyl (C=O) groups is 1. The first-order chi connectivity index (χ1) is 9.91. The molecule has 5 heteroatoms. The molecule has 0 bridgehead atoms. The number of nitrogens with zero attached hydrogens (tertiary/aromatic N) is 1. The zero-order valence-electron chi connectivity index (χ0n) is 13.7. The molecular weight excluding hydrogens is 270 g/mol. The summed E-state index contributed by atoms with van der Waals surface area (Å²) in [6, 6.07) is 0.336. The lowest BCUT2D eigenvalue weighted by Crippen LogP contribution is -2.48. The third-order valence-corrected chi connectivity index (χ3v) is 4.37. The molecule has 0 heterocycles. The van der Waals surface area contributed by atoms with E-state index < -0.39 is 5.60 Å². The highest BCUT2D eigenvalue weighted by molar-refractivity contribution is 5.72. The van der Waals surface area contributed by atoms with Crippen LogP contribution in [-0.2, 0) is 9.53 Å². The molecule has 0 amide bonds. The molecule has 1 aliphatic carbocycles. The highest BCUT2D eigenvalue weighted by Gasteiger charge is 2.37. The highest BCUT2D eigenvalue weighted by Crippen LogP contribution is 2.33. The molecule has 1 rings (SSSR count). The maximum atomic E-state index is 11.7. The average Bonchev–Trinajstić information content (AvgIpc) is 2.44. The van der Waals surface area contributed by atoms with E-state index in [9.17, 15) is 9.90 Å². The van der Waals surface area contributed by atoms with E-state index in [0.29, 0.717) is 44.9 Å². The summed E-state index contributed by atoms with van der Waals surface area (Å²) >= 11 is 0. The molecular formula is C16H31NO4. The van der Waals surface area contributed by atoms with Crippen LogP contribution in [0.15, 0.2) is 0 Å². The molecule has 0 saturated heterocycles. The SMILES string of the molecule is CCOC(=O)C1CCC(O)(CN(CCCO)C(C)C)CC1. The predicted molar refractivity (Wildman–Crippen MR) is 82.0 cm³/mol. The standard InChI is InChI=1S/C16H31NO4/c1-4-21-15(19)14-6-8-16(20,9-7-14)12-17(13(2)3)10-5-11-18/h13-14,18,20H,4-12H2,1-3H3. The first-order valence-electron chi connectivity index (χ1n) is 8.16. The number of ether oxygens (including phenoxy) is 1. The Balaban J connectivity index is 2.50. The molecule has 1 aliphatic rings. The summed E-state index contributed by atoms with van der Waals surface area (Å²) in [6.07, 6.45) is 3.39. The van der Waals surface area contributed by atoms with Crippen LogP contribution >= 0.6 is 0 Å². The number of esters is 1. The van der Waals surface area contributed by atoms with Crippen LogP contribution in [0.5, 0.6) is 0 Å². The number of aliphatic hydroxyl groups is 2. The fourth-order valence-corrected chi connectivity index (χ4v) is 2.98. The Kier molecular flexibility index (Phi) is 7.63. The van der Waals surface area contributed by atoms with Crippen LogP contribution < -0.4 is 0 Å². The van der Waals surface area contributed by atoms with Crippen LogP contribution in [0.1, 0.15) is 52.9 Å². The van der Waals surface area contributed by atoms with Gasteiger partial charge in [0.05, 0.1) is 18.1 Å². The van der Waals surface area contributed by atoms with Crippen molar-refractivity contribution in [1.29, 1.82) is 0 Å². The molecule has 21 heavy (non-hydrogen) atoms. The van der Waals surface area contributed by atoms with E-state index in [1.165, 1.54) is 0 Å². The zero-order chi connectivity index (χ0) is 15.9. The van der Waals surface area contributed by atoms with Gasteiger partial charge in [0.1, 0.15) is 0 Å². The Morgan fingerprint density at radius 3 is 2.48 bits per heavy atom. The molecule has 1 saturated carbocycles. The Hall–Kier alpha value is -0.650. The summed E-state index contributed by atoms with van der Waals surface area (Å²) < 4.78 is 5.06. The van der Waals surface area contributed by atoms with E-state index in [-0.39, 0.29) is 18.5 Å². The lowest BCUT2D eigenvalue weighted by atomic mass is 9.78. The number of hydrogen-bond donors (Lipinski definition) is 2. The molecule has 0 spiro atoms. The maximum Gasteiger partial charge on any atom is 0.308 e. The van der Waals surface area contributed by atoms with Crippen molar-refractivity contribution in [1.82, 2.24) is 4.90 Å². The van der Waals surface area contributed by atoms with Crippen molar-refractivity contribution >= 4 is 5.97 Å². The molecule has 0 radical (unpaired) electrons. The molecule has 0 unspecified atom stereocenters. The molecule has 0 aliphatic heterocycles. The van der Waals surface area contributed by atoms with Crippen LogP contribution in [0.25, 0.3) is 0 Å². The number of hydrogen-bond acceptors (Lipinski definition) is 5. The fourth-order valence-electron chi connectivity index (χ4n) is 2.98. The lowest BCUT2D eigenvalue weighted by molar-refractivity contribution is -0.151. The Labute approximate surface area is 128 Å². The highest BCUT2D eigenvalue weighted by atomic mass is 16.5. The monoisotopic (exact) mass is 301 g/mol. The quantitative estimate of drug-likeness (QED) is 0.666. The van der Waals surface area contributed by atoms with E-state index in [1.54, 1.807) is 0 Å². The van der Waals surface area contributed by atoms with Gasteiger partial charge < -0.3 is 14.9 Å². The normalized spacial score (nSPS) is 26.3. The fraction of sp³-hybridized carbons (Fsp3) is 0.938. The zero-order valence-corrected chi connectivity index (χ0v) is 13.7. The minimum Gasteiger partial charge on any atom is -0.466 e. The van der Waals surface area contributed by atoms with Gasteiger partial charge in [-0.3, -0.25) is 9.69 Å². The van der Waals surface area contributed by atoms with Crippen molar-refractivity contribution in [3.05, 3.63) is 0 Å². The van der Waals surface area contributed by atoms with Gasteiger partial charge >= 0.3 is 5.97 Å². The van der Waals surface area contributed by atoms with Gasteiger partial charge in [0.2, 0.25) is 0 Å². The van der Waals surface area contributed by atoms with Crippen molar-refractivity contribution in [2.24, 2.45) is 5.92 Å². The van der Waals surface area contributed by atoms with Gasteiger partial charge in [-0.2, -0.15) is 0 Å². The van der Waals surface area contributed by atoms with Crippen LogP contribution in [0.2, 0.25) is 0 Å². The first kappa shape index (κ1) is 18.4. The third-order valence-electron chi connectivity index (χ3n) is 4.37. The molecule has 1 fully saturated rings. The molecule has 0 aromatic heterocycles. The van der Waals surface area contributed by atoms with Crippen molar-refractivity contribution in [2.75, 3.05) is 26.3 Å². The van der Waals surface area contributed by atoms with E-state index in [2.05, 4.69) is 18.7 Å². The third kappa shape index (κ3) is 5.93. The van der Waals surface area contributed by atoms with Gasteiger partial charge in [0.15, 0.2) is 0 Å². The van der Waals surface area contributed by atoms with Crippen LogP contribution in [-0.4, -0.2) is 59.0 Å². The number of aliphatic hydroxyl groups excluding tert-OH is 1. The summed E-state index contributed by atoms with van der Waals surface area (Å²) in [5.74, 6) is -0.185. The number of rotatable bonds is 8. The van der Waals surface area contributed by atoms with Gasteiger partial charge in [-0.05, 0) is 52.9 Å². The topological polar surface area (TPSA) is 70.0 Å². The summed E-state index contributed by atoms with van der Waals surface area (Å²) in [4.78, 5) is 13.9. The summed E-state index contributed by atoms with van der Waals surface area (Å²) in [7, 11) is 0. The van der Waals surface area contributed by atoms with E-state index in [4.69, 9.17) is 9.84 Å². The second-order valence-electron chi connectivity index (χ2n) is 6.39. The minimum absolute atomic E-state index is 0.0600. The smallest absolute Gasteiger partial charge is 0.308 e. The molecule has 2 N–H and O–H groups in total. The van der Waals surface area contributed by atoms with E-state index >= 15 is 0 Å². The predicted octanol–water partition coefficient (Wildman–Crippen LogP) is 1.56. The largest absolute Gasteiger partial charge is 0.466 e. The Morgan fingerprint density at radius 1 is 1.38 bits per heavy atom.